The van der Waals surface area contributed by atoms with Gasteiger partial charge < -0.3 is 44.0 Å². The molecule has 2 fully saturated rings. The number of hydrogen-bond acceptors (Lipinski definition) is 8. The predicted molar refractivity (Wildman–Crippen MR) is 121 cm³/mol. The molecule has 34 heavy (non-hydrogen) atoms. The highest BCUT2D eigenvalue weighted by Crippen LogP contribution is 2.39. The number of anilines is 1. The Labute approximate surface area is 195 Å². The summed E-state index contributed by atoms with van der Waals surface area (Å²) in [5.74, 6) is 1.76. The second kappa shape index (κ2) is 9.01. The summed E-state index contributed by atoms with van der Waals surface area (Å²) < 4.78 is 29.5. The summed E-state index contributed by atoms with van der Waals surface area (Å²) in [6.45, 7) is 0.246. The van der Waals surface area contributed by atoms with Crippen LogP contribution in [0.15, 0.2) is 42.7 Å². The largest absolute Gasteiger partial charge is 0.497 e. The monoisotopic (exact) mass is 470 g/mol. The van der Waals surface area contributed by atoms with Crippen molar-refractivity contribution >= 4 is 22.8 Å². The summed E-state index contributed by atoms with van der Waals surface area (Å²) in [6.07, 6.45) is -0.564. The van der Waals surface area contributed by atoms with E-state index in [2.05, 4.69) is 15.6 Å². The Balaban J connectivity index is 1.39. The minimum absolute atomic E-state index is 0.246. The topological polar surface area (TPSA) is 125 Å². The van der Waals surface area contributed by atoms with Crippen LogP contribution in [0.25, 0.3) is 11.0 Å². The van der Waals surface area contributed by atoms with E-state index in [1.165, 1.54) is 0 Å². The van der Waals surface area contributed by atoms with E-state index in [4.69, 9.17) is 23.7 Å². The normalized spacial score (nSPS) is 25.7. The van der Waals surface area contributed by atoms with Crippen LogP contribution in [-0.4, -0.2) is 73.2 Å². The summed E-state index contributed by atoms with van der Waals surface area (Å²) in [7, 11) is 4.68. The Hall–Kier alpha value is -3.54. The Morgan fingerprint density at radius 1 is 1.12 bits per heavy atom. The summed E-state index contributed by atoms with van der Waals surface area (Å²) in [4.78, 5) is 17.2. The number of aromatic nitrogens is 2. The lowest BCUT2D eigenvalue weighted by Crippen LogP contribution is -2.59. The summed E-state index contributed by atoms with van der Waals surface area (Å²) in [5.41, 5.74) is 1.95. The molecule has 2 bridgehead atoms. The van der Waals surface area contributed by atoms with Crippen LogP contribution >= 0.6 is 0 Å². The number of rotatable bonds is 6. The molecular formula is C23H26N4O7. The Morgan fingerprint density at radius 3 is 2.56 bits per heavy atom. The molecule has 0 radical (unpaired) electrons. The molecule has 2 aliphatic rings. The summed E-state index contributed by atoms with van der Waals surface area (Å²) in [6, 6.07) is 8.66. The van der Waals surface area contributed by atoms with Gasteiger partial charge in [-0.1, -0.05) is 0 Å². The molecule has 180 valence electrons. The maximum atomic E-state index is 12.7. The van der Waals surface area contributed by atoms with E-state index >= 15 is 0 Å². The molecule has 11 nitrogen and oxygen atoms in total. The van der Waals surface area contributed by atoms with Crippen molar-refractivity contribution in [1.29, 1.82) is 0 Å². The predicted octanol–water partition coefficient (Wildman–Crippen LogP) is 1.91. The van der Waals surface area contributed by atoms with Crippen molar-refractivity contribution < 1.29 is 33.6 Å². The molecule has 5 atom stereocenters. The highest BCUT2D eigenvalue weighted by atomic mass is 16.7. The molecule has 3 heterocycles. The molecule has 5 rings (SSSR count). The van der Waals surface area contributed by atoms with Gasteiger partial charge >= 0.3 is 6.03 Å². The molecule has 0 aliphatic carbocycles. The number of amides is 2. The van der Waals surface area contributed by atoms with Crippen molar-refractivity contribution in [2.75, 3.05) is 33.3 Å². The second-order valence-electron chi connectivity index (χ2n) is 8.06. The van der Waals surface area contributed by atoms with Gasteiger partial charge in [0, 0.05) is 17.8 Å². The van der Waals surface area contributed by atoms with Crippen molar-refractivity contribution in [3.63, 3.8) is 0 Å². The molecular weight excluding hydrogens is 444 g/mol. The van der Waals surface area contributed by atoms with E-state index in [1.807, 2.05) is 0 Å². The molecule has 2 amide bonds. The number of aliphatic hydroxyl groups excluding tert-OH is 1. The summed E-state index contributed by atoms with van der Waals surface area (Å²) in [5, 5.41) is 16.9. The van der Waals surface area contributed by atoms with Crippen LogP contribution < -0.4 is 24.8 Å². The fourth-order valence-corrected chi connectivity index (χ4v) is 4.46. The first kappa shape index (κ1) is 22.3. The van der Waals surface area contributed by atoms with Gasteiger partial charge in [0.25, 0.3) is 0 Å². The quantitative estimate of drug-likeness (QED) is 0.499. The molecule has 1 aromatic heterocycles. The maximum Gasteiger partial charge on any atom is 0.319 e. The first-order valence-corrected chi connectivity index (χ1v) is 10.8. The van der Waals surface area contributed by atoms with Gasteiger partial charge in [0.15, 0.2) is 17.8 Å². The molecule has 0 unspecified atom stereocenters. The molecule has 3 N–H and O–H groups in total. The van der Waals surface area contributed by atoms with Crippen LogP contribution in [0.2, 0.25) is 0 Å². The number of benzene rings is 2. The van der Waals surface area contributed by atoms with E-state index in [9.17, 15) is 9.90 Å². The van der Waals surface area contributed by atoms with Crippen LogP contribution in [0.5, 0.6) is 17.2 Å². The van der Waals surface area contributed by atoms with Gasteiger partial charge in [-0.25, -0.2) is 9.78 Å². The SMILES string of the molecule is COc1ccc(NC(=O)N[C@H]2[C@H](O)[C@@H](n3cnc4cc(OC)c(OC)cc43)[C@@H]3OC[C@H]2O3)cc1. The van der Waals surface area contributed by atoms with Crippen molar-refractivity contribution in [3.05, 3.63) is 42.7 Å². The van der Waals surface area contributed by atoms with Crippen LogP contribution in [0.3, 0.4) is 0 Å². The average Bonchev–Trinajstić information content (AvgIpc) is 3.47. The third-order valence-corrected chi connectivity index (χ3v) is 6.18. The van der Waals surface area contributed by atoms with Crippen molar-refractivity contribution in [2.24, 2.45) is 0 Å². The molecule has 0 saturated carbocycles. The lowest BCUT2D eigenvalue weighted by atomic mass is 9.95. The van der Waals surface area contributed by atoms with E-state index in [-0.39, 0.29) is 6.61 Å². The Morgan fingerprint density at radius 2 is 1.85 bits per heavy atom. The van der Waals surface area contributed by atoms with E-state index in [0.717, 1.165) is 0 Å². The first-order chi connectivity index (χ1) is 16.5. The zero-order chi connectivity index (χ0) is 23.8. The van der Waals surface area contributed by atoms with Crippen molar-refractivity contribution in [2.45, 2.75) is 30.6 Å². The minimum atomic E-state index is -1.00. The van der Waals surface area contributed by atoms with E-state index in [1.54, 1.807) is 68.6 Å². The third-order valence-electron chi connectivity index (χ3n) is 6.18. The van der Waals surface area contributed by atoms with Crippen LogP contribution in [0.4, 0.5) is 10.5 Å². The van der Waals surface area contributed by atoms with Gasteiger partial charge in [0.05, 0.1) is 51.3 Å². The number of aliphatic hydroxyl groups is 1. The molecule has 0 spiro atoms. The zero-order valence-electron chi connectivity index (χ0n) is 18.9. The lowest BCUT2D eigenvalue weighted by Gasteiger charge is -2.39. The molecule has 3 aromatic rings. The molecule has 2 aliphatic heterocycles. The molecule has 2 saturated heterocycles. The highest BCUT2D eigenvalue weighted by Gasteiger charge is 2.51. The molecule has 11 heteroatoms. The molecule has 2 aromatic carbocycles. The number of hydrogen-bond donors (Lipinski definition) is 3. The third kappa shape index (κ3) is 3.87. The number of nitrogens with one attached hydrogen (secondary N) is 2. The average molecular weight is 470 g/mol. The zero-order valence-corrected chi connectivity index (χ0v) is 18.9. The van der Waals surface area contributed by atoms with Gasteiger partial charge in [0.2, 0.25) is 0 Å². The number of nitrogens with zero attached hydrogens (tertiary/aromatic N) is 2. The number of methoxy groups -OCH3 is 3. The highest BCUT2D eigenvalue weighted by molar-refractivity contribution is 5.89. The standard InChI is InChI=1S/C23H26N4O7/c1-30-13-6-4-12(5-7-13)25-23(29)26-19-18-10-33-22(34-18)20(21(19)28)27-11-24-14-8-16(31-2)17(32-3)9-15(14)27/h4-9,11,18-22,28H,10H2,1-3H3,(H2,25,26,29)/t18-,19-,20-,21+,22-/m1/s1. The van der Waals surface area contributed by atoms with Gasteiger partial charge in [-0.15, -0.1) is 0 Å². The maximum absolute atomic E-state index is 12.7. The van der Waals surface area contributed by atoms with E-state index in [0.29, 0.717) is 34.0 Å². The second-order valence-corrected chi connectivity index (χ2v) is 8.06. The number of imidazole rings is 1. The van der Waals surface area contributed by atoms with Crippen molar-refractivity contribution in [1.82, 2.24) is 14.9 Å². The van der Waals surface area contributed by atoms with Crippen molar-refractivity contribution in [3.8, 4) is 17.2 Å². The number of urea groups is 1. The number of ether oxygens (including phenoxy) is 5. The van der Waals surface area contributed by atoms with Gasteiger partial charge in [-0.05, 0) is 24.3 Å². The van der Waals surface area contributed by atoms with Crippen LogP contribution in [0.1, 0.15) is 6.04 Å². The summed E-state index contributed by atoms with van der Waals surface area (Å²) >= 11 is 0. The smallest absolute Gasteiger partial charge is 0.319 e. The Kier molecular flexibility index (Phi) is 5.90. The van der Waals surface area contributed by atoms with Crippen LogP contribution in [0, 0.1) is 0 Å². The number of carbonyl (C=O) groups excluding carboxylic acids is 1. The number of fused-ring (bicyclic) bond motifs is 3. The lowest BCUT2D eigenvalue weighted by molar-refractivity contribution is -0.162. The van der Waals surface area contributed by atoms with Gasteiger partial charge in [-0.3, -0.25) is 0 Å². The number of carbonyl (C=O) groups is 1. The van der Waals surface area contributed by atoms with Crippen LogP contribution in [-0.2, 0) is 9.47 Å². The first-order valence-electron chi connectivity index (χ1n) is 10.8. The fraction of sp³-hybridized carbons (Fsp3) is 0.391. The minimum Gasteiger partial charge on any atom is -0.497 e. The van der Waals surface area contributed by atoms with E-state index < -0.39 is 36.6 Å². The van der Waals surface area contributed by atoms with Gasteiger partial charge in [0.1, 0.15) is 24.0 Å². The Bertz CT molecular complexity index is 1180. The fourth-order valence-electron chi connectivity index (χ4n) is 4.46. The van der Waals surface area contributed by atoms with Gasteiger partial charge in [-0.2, -0.15) is 0 Å².